The second-order valence-corrected chi connectivity index (χ2v) is 5.07. The van der Waals surface area contributed by atoms with Crippen molar-refractivity contribution < 1.29 is 4.79 Å². The highest BCUT2D eigenvalue weighted by Gasteiger charge is 2.38. The van der Waals surface area contributed by atoms with Gasteiger partial charge in [-0.25, -0.2) is 0 Å². The lowest BCUT2D eigenvalue weighted by atomic mass is 10.0. The van der Waals surface area contributed by atoms with Crippen LogP contribution in [0.1, 0.15) is 17.4 Å². The molecule has 2 aliphatic rings. The van der Waals surface area contributed by atoms with E-state index in [1.54, 1.807) is 0 Å². The van der Waals surface area contributed by atoms with Crippen molar-refractivity contribution in [2.45, 2.75) is 13.5 Å². The fraction of sp³-hybridized carbons (Fsp3) is 0.615. The molecule has 0 spiro atoms. The first kappa shape index (κ1) is 10.8. The van der Waals surface area contributed by atoms with Gasteiger partial charge in [0.25, 0.3) is 5.91 Å². The first-order chi connectivity index (χ1) is 8.29. The van der Waals surface area contributed by atoms with Crippen molar-refractivity contribution in [2.24, 2.45) is 11.8 Å². The maximum atomic E-state index is 12.4. The number of fused-ring (bicyclic) bond motifs is 1. The highest BCUT2D eigenvalue weighted by molar-refractivity contribution is 5.93. The molecule has 4 heteroatoms. The minimum absolute atomic E-state index is 0.200. The molecule has 4 nitrogen and oxygen atoms in total. The molecule has 1 aromatic rings. The fourth-order valence-electron chi connectivity index (χ4n) is 3.07. The summed E-state index contributed by atoms with van der Waals surface area (Å²) in [5.41, 5.74) is 0.834. The van der Waals surface area contributed by atoms with E-state index < -0.39 is 0 Å². The van der Waals surface area contributed by atoms with Crippen molar-refractivity contribution in [3.63, 3.8) is 0 Å². The van der Waals surface area contributed by atoms with E-state index in [1.807, 2.05) is 27.8 Å². The lowest BCUT2D eigenvalue weighted by Gasteiger charge is -2.18. The van der Waals surface area contributed by atoms with Crippen LogP contribution in [-0.2, 0) is 6.54 Å². The Morgan fingerprint density at radius 1 is 1.41 bits per heavy atom. The van der Waals surface area contributed by atoms with Gasteiger partial charge in [-0.2, -0.15) is 0 Å². The Bertz CT molecular complexity index is 414. The summed E-state index contributed by atoms with van der Waals surface area (Å²) in [6, 6.07) is 3.88. The summed E-state index contributed by atoms with van der Waals surface area (Å²) < 4.78 is 2.02. The van der Waals surface area contributed by atoms with Crippen LogP contribution >= 0.6 is 0 Å². The summed E-state index contributed by atoms with van der Waals surface area (Å²) in [5, 5.41) is 3.40. The van der Waals surface area contributed by atoms with Crippen LogP contribution in [0.15, 0.2) is 18.3 Å². The zero-order chi connectivity index (χ0) is 11.8. The molecule has 2 atom stereocenters. The zero-order valence-corrected chi connectivity index (χ0v) is 10.2. The SMILES string of the molecule is CCn1cccc1C(=O)N1CC2CNCC2C1. The van der Waals surface area contributed by atoms with Crippen molar-refractivity contribution in [2.75, 3.05) is 26.2 Å². The lowest BCUT2D eigenvalue weighted by molar-refractivity contribution is 0.0771. The van der Waals surface area contributed by atoms with E-state index in [1.165, 1.54) is 0 Å². The summed E-state index contributed by atoms with van der Waals surface area (Å²) >= 11 is 0. The van der Waals surface area contributed by atoms with E-state index in [0.29, 0.717) is 11.8 Å². The first-order valence-electron chi connectivity index (χ1n) is 6.44. The van der Waals surface area contributed by atoms with Crippen LogP contribution in [0.5, 0.6) is 0 Å². The Morgan fingerprint density at radius 3 is 2.76 bits per heavy atom. The molecule has 1 aromatic heterocycles. The molecule has 0 radical (unpaired) electrons. The third-order valence-electron chi connectivity index (χ3n) is 4.07. The summed E-state index contributed by atoms with van der Waals surface area (Å²) in [6.45, 7) is 6.92. The second kappa shape index (κ2) is 4.18. The van der Waals surface area contributed by atoms with Crippen molar-refractivity contribution in [1.29, 1.82) is 0 Å². The van der Waals surface area contributed by atoms with Crippen LogP contribution in [0.25, 0.3) is 0 Å². The van der Waals surface area contributed by atoms with Crippen LogP contribution in [0.2, 0.25) is 0 Å². The molecule has 2 fully saturated rings. The van der Waals surface area contributed by atoms with Gasteiger partial charge >= 0.3 is 0 Å². The van der Waals surface area contributed by atoms with Crippen LogP contribution in [-0.4, -0.2) is 41.6 Å². The molecule has 2 aliphatic heterocycles. The number of hydrogen-bond acceptors (Lipinski definition) is 2. The third kappa shape index (κ3) is 1.76. The Hall–Kier alpha value is -1.29. The quantitative estimate of drug-likeness (QED) is 0.820. The number of nitrogens with one attached hydrogen (secondary N) is 1. The normalized spacial score (nSPS) is 27.5. The number of hydrogen-bond donors (Lipinski definition) is 1. The minimum atomic E-state index is 0.200. The van der Waals surface area contributed by atoms with E-state index in [9.17, 15) is 4.79 Å². The van der Waals surface area contributed by atoms with Gasteiger partial charge in [-0.05, 0) is 30.9 Å². The number of aryl methyl sites for hydroxylation is 1. The maximum absolute atomic E-state index is 12.4. The topological polar surface area (TPSA) is 37.3 Å². The Labute approximate surface area is 102 Å². The van der Waals surface area contributed by atoms with Gasteiger partial charge in [-0.1, -0.05) is 0 Å². The average Bonchev–Trinajstić information content (AvgIpc) is 3.02. The number of carbonyl (C=O) groups is 1. The summed E-state index contributed by atoms with van der Waals surface area (Å²) in [4.78, 5) is 14.4. The molecule has 17 heavy (non-hydrogen) atoms. The first-order valence-corrected chi connectivity index (χ1v) is 6.44. The minimum Gasteiger partial charge on any atom is -0.344 e. The largest absolute Gasteiger partial charge is 0.344 e. The van der Waals surface area contributed by atoms with E-state index in [4.69, 9.17) is 0 Å². The molecule has 0 saturated carbocycles. The van der Waals surface area contributed by atoms with Gasteiger partial charge in [-0.15, -0.1) is 0 Å². The number of aromatic nitrogens is 1. The number of carbonyl (C=O) groups excluding carboxylic acids is 1. The van der Waals surface area contributed by atoms with Gasteiger partial charge < -0.3 is 14.8 Å². The van der Waals surface area contributed by atoms with Crippen LogP contribution in [0.3, 0.4) is 0 Å². The molecule has 0 bridgehead atoms. The van der Waals surface area contributed by atoms with Gasteiger partial charge in [0.05, 0.1) is 0 Å². The monoisotopic (exact) mass is 233 g/mol. The van der Waals surface area contributed by atoms with Gasteiger partial charge in [0, 0.05) is 38.9 Å². The maximum Gasteiger partial charge on any atom is 0.270 e. The summed E-state index contributed by atoms with van der Waals surface area (Å²) in [7, 11) is 0. The van der Waals surface area contributed by atoms with E-state index in [2.05, 4.69) is 12.2 Å². The molecular formula is C13H19N3O. The van der Waals surface area contributed by atoms with Crippen molar-refractivity contribution in [3.8, 4) is 0 Å². The molecule has 3 heterocycles. The molecule has 92 valence electrons. The van der Waals surface area contributed by atoms with Crippen molar-refractivity contribution in [1.82, 2.24) is 14.8 Å². The Morgan fingerprint density at radius 2 is 2.12 bits per heavy atom. The number of likely N-dealkylation sites (tertiary alicyclic amines) is 1. The molecule has 1 N–H and O–H groups in total. The molecule has 1 amide bonds. The van der Waals surface area contributed by atoms with Crippen molar-refractivity contribution >= 4 is 5.91 Å². The summed E-state index contributed by atoms with van der Waals surface area (Å²) in [5.74, 6) is 1.54. The van der Waals surface area contributed by atoms with E-state index in [-0.39, 0.29) is 5.91 Å². The standard InChI is InChI=1S/C13H19N3O/c1-2-15-5-3-4-12(15)13(17)16-8-10-6-14-7-11(10)9-16/h3-5,10-11,14H,2,6-9H2,1H3. The lowest BCUT2D eigenvalue weighted by Crippen LogP contribution is -2.33. The van der Waals surface area contributed by atoms with Crippen LogP contribution in [0.4, 0.5) is 0 Å². The van der Waals surface area contributed by atoms with Gasteiger partial charge in [0.15, 0.2) is 0 Å². The third-order valence-corrected chi connectivity index (χ3v) is 4.07. The second-order valence-electron chi connectivity index (χ2n) is 5.07. The Balaban J connectivity index is 1.75. The molecule has 3 rings (SSSR count). The van der Waals surface area contributed by atoms with E-state index >= 15 is 0 Å². The predicted octanol–water partition coefficient (Wildman–Crippen LogP) is 0.799. The van der Waals surface area contributed by atoms with Crippen LogP contribution in [0, 0.1) is 11.8 Å². The highest BCUT2D eigenvalue weighted by Crippen LogP contribution is 2.27. The molecule has 2 unspecified atom stereocenters. The predicted molar refractivity (Wildman–Crippen MR) is 65.9 cm³/mol. The number of nitrogens with zero attached hydrogens (tertiary/aromatic N) is 2. The molecule has 2 saturated heterocycles. The highest BCUT2D eigenvalue weighted by atomic mass is 16.2. The fourth-order valence-corrected chi connectivity index (χ4v) is 3.07. The smallest absolute Gasteiger partial charge is 0.270 e. The number of rotatable bonds is 2. The van der Waals surface area contributed by atoms with Gasteiger partial charge in [-0.3, -0.25) is 4.79 Å². The number of amides is 1. The van der Waals surface area contributed by atoms with Gasteiger partial charge in [0.1, 0.15) is 5.69 Å². The zero-order valence-electron chi connectivity index (χ0n) is 10.2. The van der Waals surface area contributed by atoms with Crippen molar-refractivity contribution in [3.05, 3.63) is 24.0 Å². The Kier molecular flexibility index (Phi) is 2.67. The summed E-state index contributed by atoms with van der Waals surface area (Å²) in [6.07, 6.45) is 1.98. The van der Waals surface area contributed by atoms with Crippen LogP contribution < -0.4 is 5.32 Å². The van der Waals surface area contributed by atoms with Gasteiger partial charge in [0.2, 0.25) is 0 Å². The van der Waals surface area contributed by atoms with E-state index in [0.717, 1.165) is 38.4 Å². The average molecular weight is 233 g/mol. The molecule has 0 aliphatic carbocycles. The molecular weight excluding hydrogens is 214 g/mol. The molecule has 0 aromatic carbocycles.